The minimum atomic E-state index is 0.429. The minimum absolute atomic E-state index is 0.429. The zero-order valence-electron chi connectivity index (χ0n) is 9.16. The van der Waals surface area contributed by atoms with Crippen LogP contribution in [-0.4, -0.2) is 14.8 Å². The summed E-state index contributed by atoms with van der Waals surface area (Å²) in [5, 5.41) is 0. The van der Waals surface area contributed by atoms with Crippen LogP contribution in [0.4, 0.5) is 0 Å². The fraction of sp³-hybridized carbons (Fsp3) is 0.636. The van der Waals surface area contributed by atoms with E-state index >= 15 is 0 Å². The van der Waals surface area contributed by atoms with Crippen LogP contribution in [0.1, 0.15) is 38.1 Å². The van der Waals surface area contributed by atoms with Crippen molar-refractivity contribution in [3.63, 3.8) is 0 Å². The van der Waals surface area contributed by atoms with Crippen molar-refractivity contribution < 1.29 is 0 Å². The maximum Gasteiger partial charge on any atom is 0.0660 e. The van der Waals surface area contributed by atoms with Crippen LogP contribution in [0.2, 0.25) is 0 Å². The molecule has 78 valence electrons. The lowest BCUT2D eigenvalue weighted by Gasteiger charge is -2.23. The molecule has 1 rings (SSSR count). The Kier molecular flexibility index (Phi) is 4.05. The molecule has 0 aromatic carbocycles. The van der Waals surface area contributed by atoms with E-state index in [4.69, 9.17) is 0 Å². The molecule has 3 heteroatoms. The highest BCUT2D eigenvalue weighted by Crippen LogP contribution is 2.31. The number of hydrogen-bond acceptors (Lipinski definition) is 2. The zero-order chi connectivity index (χ0) is 10.7. The van der Waals surface area contributed by atoms with Crippen LogP contribution in [0.15, 0.2) is 12.4 Å². The maximum atomic E-state index is 4.43. The summed E-state index contributed by atoms with van der Waals surface area (Å²) in [4.78, 5) is 9.14. The molecule has 0 bridgehead atoms. The summed E-state index contributed by atoms with van der Waals surface area (Å²) in [6, 6.07) is 0. The molecule has 1 heterocycles. The highest BCUT2D eigenvalue weighted by atomic mass is 79.9. The van der Waals surface area contributed by atoms with Gasteiger partial charge in [-0.15, -0.1) is 0 Å². The first-order valence-corrected chi connectivity index (χ1v) is 5.87. The molecule has 0 fully saturated rings. The number of aryl methyl sites for hydroxylation is 1. The van der Waals surface area contributed by atoms with Crippen LogP contribution < -0.4 is 0 Å². The second-order valence-electron chi connectivity index (χ2n) is 3.97. The zero-order valence-corrected chi connectivity index (χ0v) is 10.7. The number of aromatic nitrogens is 2. The van der Waals surface area contributed by atoms with E-state index in [0.717, 1.165) is 11.4 Å². The van der Waals surface area contributed by atoms with Crippen LogP contribution in [0.5, 0.6) is 0 Å². The van der Waals surface area contributed by atoms with Gasteiger partial charge in [0.25, 0.3) is 0 Å². The fourth-order valence-electron chi connectivity index (χ4n) is 1.81. The van der Waals surface area contributed by atoms with Crippen molar-refractivity contribution in [1.82, 2.24) is 9.97 Å². The molecule has 0 aliphatic carbocycles. The van der Waals surface area contributed by atoms with Gasteiger partial charge < -0.3 is 0 Å². The minimum Gasteiger partial charge on any atom is -0.258 e. The largest absolute Gasteiger partial charge is 0.258 e. The smallest absolute Gasteiger partial charge is 0.0660 e. The monoisotopic (exact) mass is 256 g/mol. The lowest BCUT2D eigenvalue weighted by atomic mass is 9.89. The Bertz CT molecular complexity index is 289. The molecular formula is C11H17BrN2. The number of alkyl halides is 1. The molecule has 0 saturated heterocycles. The second-order valence-corrected chi connectivity index (χ2v) is 5.42. The van der Waals surface area contributed by atoms with Crippen LogP contribution >= 0.6 is 15.9 Å². The van der Waals surface area contributed by atoms with E-state index in [2.05, 4.69) is 46.7 Å². The fourth-order valence-corrected chi connectivity index (χ4v) is 2.67. The standard InChI is InChI=1S/C11H17BrN2/c1-7(2)10(8(3)12)11-9(4)13-5-6-14-11/h5-8,10H,1-4H3. The van der Waals surface area contributed by atoms with Gasteiger partial charge in [0.1, 0.15) is 0 Å². The SMILES string of the molecule is Cc1nccnc1C(C(C)C)C(C)Br. The molecule has 14 heavy (non-hydrogen) atoms. The third-order valence-electron chi connectivity index (χ3n) is 2.45. The van der Waals surface area contributed by atoms with E-state index in [0.29, 0.717) is 16.7 Å². The van der Waals surface area contributed by atoms with E-state index in [1.165, 1.54) is 0 Å². The van der Waals surface area contributed by atoms with Gasteiger partial charge in [-0.05, 0) is 12.8 Å². The lowest BCUT2D eigenvalue weighted by Crippen LogP contribution is -2.18. The van der Waals surface area contributed by atoms with Gasteiger partial charge in [-0.3, -0.25) is 9.97 Å². The van der Waals surface area contributed by atoms with E-state index in [-0.39, 0.29) is 0 Å². The average Bonchev–Trinajstić information content (AvgIpc) is 2.07. The molecular weight excluding hydrogens is 240 g/mol. The Morgan fingerprint density at radius 2 is 1.71 bits per heavy atom. The lowest BCUT2D eigenvalue weighted by molar-refractivity contribution is 0.483. The molecule has 2 nitrogen and oxygen atoms in total. The van der Waals surface area contributed by atoms with Gasteiger partial charge in [0, 0.05) is 23.1 Å². The second kappa shape index (κ2) is 4.87. The molecule has 0 aliphatic heterocycles. The summed E-state index contributed by atoms with van der Waals surface area (Å²) in [6.45, 7) is 8.62. The van der Waals surface area contributed by atoms with Crippen molar-refractivity contribution in [2.75, 3.05) is 0 Å². The summed E-state index contributed by atoms with van der Waals surface area (Å²) in [5.74, 6) is 1.00. The first-order valence-electron chi connectivity index (χ1n) is 4.95. The van der Waals surface area contributed by atoms with Crippen LogP contribution in [0, 0.1) is 12.8 Å². The molecule has 2 atom stereocenters. The first kappa shape index (κ1) is 11.6. The van der Waals surface area contributed by atoms with Gasteiger partial charge in [0.2, 0.25) is 0 Å². The predicted molar refractivity (Wildman–Crippen MR) is 62.7 cm³/mol. The Hall–Kier alpha value is -0.440. The summed E-state index contributed by atoms with van der Waals surface area (Å²) in [6.07, 6.45) is 3.52. The molecule has 0 N–H and O–H groups in total. The summed E-state index contributed by atoms with van der Waals surface area (Å²) >= 11 is 3.64. The van der Waals surface area contributed by atoms with E-state index in [1.54, 1.807) is 12.4 Å². The predicted octanol–water partition coefficient (Wildman–Crippen LogP) is 3.31. The molecule has 1 aromatic rings. The molecule has 0 aliphatic rings. The Morgan fingerprint density at radius 3 is 2.14 bits per heavy atom. The van der Waals surface area contributed by atoms with Crippen molar-refractivity contribution in [2.45, 2.75) is 38.4 Å². The molecule has 0 amide bonds. The molecule has 0 spiro atoms. The maximum absolute atomic E-state index is 4.43. The van der Waals surface area contributed by atoms with Gasteiger partial charge in [-0.2, -0.15) is 0 Å². The van der Waals surface area contributed by atoms with Gasteiger partial charge in [-0.25, -0.2) is 0 Å². The van der Waals surface area contributed by atoms with Crippen molar-refractivity contribution in [3.8, 4) is 0 Å². The molecule has 1 aromatic heterocycles. The number of nitrogens with zero attached hydrogens (tertiary/aromatic N) is 2. The van der Waals surface area contributed by atoms with Gasteiger partial charge in [0.15, 0.2) is 0 Å². The van der Waals surface area contributed by atoms with Gasteiger partial charge in [-0.1, -0.05) is 36.7 Å². The molecule has 2 unspecified atom stereocenters. The van der Waals surface area contributed by atoms with E-state index in [1.807, 2.05) is 6.92 Å². The Labute approximate surface area is 94.3 Å². The quantitative estimate of drug-likeness (QED) is 0.776. The van der Waals surface area contributed by atoms with Crippen LogP contribution in [0.25, 0.3) is 0 Å². The van der Waals surface area contributed by atoms with E-state index in [9.17, 15) is 0 Å². The number of rotatable bonds is 3. The third kappa shape index (κ3) is 2.53. The van der Waals surface area contributed by atoms with Gasteiger partial charge in [0.05, 0.1) is 11.4 Å². The molecule has 0 radical (unpaired) electrons. The van der Waals surface area contributed by atoms with Crippen molar-refractivity contribution >= 4 is 15.9 Å². The normalized spacial score (nSPS) is 15.6. The van der Waals surface area contributed by atoms with Crippen LogP contribution in [0.3, 0.4) is 0 Å². The van der Waals surface area contributed by atoms with Crippen LogP contribution in [-0.2, 0) is 0 Å². The molecule has 0 saturated carbocycles. The topological polar surface area (TPSA) is 25.8 Å². The summed E-state index contributed by atoms with van der Waals surface area (Å²) in [7, 11) is 0. The van der Waals surface area contributed by atoms with Gasteiger partial charge >= 0.3 is 0 Å². The summed E-state index contributed by atoms with van der Waals surface area (Å²) in [5.41, 5.74) is 2.16. The van der Waals surface area contributed by atoms with Crippen molar-refractivity contribution in [2.24, 2.45) is 5.92 Å². The first-order chi connectivity index (χ1) is 6.54. The highest BCUT2D eigenvalue weighted by Gasteiger charge is 2.23. The van der Waals surface area contributed by atoms with E-state index < -0.39 is 0 Å². The number of halogens is 1. The van der Waals surface area contributed by atoms with Crippen molar-refractivity contribution in [1.29, 1.82) is 0 Å². The summed E-state index contributed by atoms with van der Waals surface area (Å²) < 4.78 is 0. The Morgan fingerprint density at radius 1 is 1.14 bits per heavy atom. The van der Waals surface area contributed by atoms with Crippen molar-refractivity contribution in [3.05, 3.63) is 23.8 Å². The highest BCUT2D eigenvalue weighted by molar-refractivity contribution is 9.09. The average molecular weight is 257 g/mol. The third-order valence-corrected chi connectivity index (χ3v) is 3.02. The number of hydrogen-bond donors (Lipinski definition) is 0. The Balaban J connectivity index is 3.05.